The van der Waals surface area contributed by atoms with Gasteiger partial charge < -0.3 is 9.47 Å². The number of aryl methyl sites for hydroxylation is 2. The molecular formula is C17H19ClO2S. The van der Waals surface area contributed by atoms with Gasteiger partial charge in [-0.3, -0.25) is 0 Å². The average Bonchev–Trinajstić information content (AvgIpc) is 2.70. The normalized spacial score (nSPS) is 19.1. The second kappa shape index (κ2) is 5.90. The van der Waals surface area contributed by atoms with Crippen molar-refractivity contribution in [3.8, 4) is 11.5 Å². The lowest BCUT2D eigenvalue weighted by Gasteiger charge is -2.12. The molecule has 2 unspecified atom stereocenters. The number of ether oxygens (including phenoxy) is 2. The van der Waals surface area contributed by atoms with Crippen molar-refractivity contribution in [3.05, 3.63) is 45.1 Å². The molecule has 2 nitrogen and oxygen atoms in total. The van der Waals surface area contributed by atoms with Crippen molar-refractivity contribution in [3.63, 3.8) is 0 Å². The molecule has 2 aromatic rings. The quantitative estimate of drug-likeness (QED) is 0.716. The van der Waals surface area contributed by atoms with E-state index in [0.717, 1.165) is 17.1 Å². The summed E-state index contributed by atoms with van der Waals surface area (Å²) >= 11 is 8.40. The largest absolute Gasteiger partial charge is 0.489 e. The Balaban J connectivity index is 1.89. The van der Waals surface area contributed by atoms with Gasteiger partial charge in [0.05, 0.1) is 18.6 Å². The Morgan fingerprint density at radius 2 is 1.86 bits per heavy atom. The van der Waals surface area contributed by atoms with Gasteiger partial charge in [0.15, 0.2) is 11.5 Å². The van der Waals surface area contributed by atoms with Crippen LogP contribution in [0.25, 0.3) is 0 Å². The molecule has 112 valence electrons. The molecule has 21 heavy (non-hydrogen) atoms. The van der Waals surface area contributed by atoms with E-state index in [1.807, 2.05) is 18.2 Å². The topological polar surface area (TPSA) is 18.5 Å². The summed E-state index contributed by atoms with van der Waals surface area (Å²) < 4.78 is 11.6. The minimum atomic E-state index is -0.142. The molecule has 1 aliphatic heterocycles. The highest BCUT2D eigenvalue weighted by molar-refractivity contribution is 7.12. The van der Waals surface area contributed by atoms with Gasteiger partial charge >= 0.3 is 0 Å². The lowest BCUT2D eigenvalue weighted by molar-refractivity contribution is 0.228. The third-order valence-corrected chi connectivity index (χ3v) is 5.58. The molecule has 0 fully saturated rings. The van der Waals surface area contributed by atoms with E-state index in [2.05, 4.69) is 26.8 Å². The smallest absolute Gasteiger partial charge is 0.161 e. The molecule has 0 N–H and O–H groups in total. The van der Waals surface area contributed by atoms with E-state index in [0.29, 0.717) is 19.1 Å². The predicted octanol–water partition coefficient (Wildman–Crippen LogP) is 5.10. The third kappa shape index (κ3) is 3.04. The van der Waals surface area contributed by atoms with Crippen LogP contribution in [0.1, 0.15) is 33.2 Å². The minimum Gasteiger partial charge on any atom is -0.489 e. The van der Waals surface area contributed by atoms with E-state index in [1.165, 1.54) is 15.3 Å². The van der Waals surface area contributed by atoms with Crippen molar-refractivity contribution in [2.24, 2.45) is 5.92 Å². The molecule has 0 saturated carbocycles. The number of thiophene rings is 1. The van der Waals surface area contributed by atoms with Crippen molar-refractivity contribution < 1.29 is 9.47 Å². The maximum atomic E-state index is 6.64. The fraction of sp³-hybridized carbons (Fsp3) is 0.412. The number of alkyl halides is 1. The molecule has 2 heterocycles. The zero-order valence-corrected chi connectivity index (χ0v) is 14.1. The van der Waals surface area contributed by atoms with Crippen LogP contribution in [0.2, 0.25) is 0 Å². The van der Waals surface area contributed by atoms with Crippen molar-refractivity contribution >= 4 is 22.9 Å². The van der Waals surface area contributed by atoms with Gasteiger partial charge in [0.25, 0.3) is 0 Å². The number of fused-ring (bicyclic) bond motifs is 1. The van der Waals surface area contributed by atoms with Gasteiger partial charge in [-0.1, -0.05) is 13.0 Å². The van der Waals surface area contributed by atoms with Crippen LogP contribution in [-0.2, 0) is 0 Å². The van der Waals surface area contributed by atoms with E-state index < -0.39 is 0 Å². The van der Waals surface area contributed by atoms with Gasteiger partial charge in [-0.05, 0) is 43.2 Å². The first-order valence-electron chi connectivity index (χ1n) is 7.15. The van der Waals surface area contributed by atoms with Crippen LogP contribution in [0.4, 0.5) is 0 Å². The second-order valence-corrected chi connectivity index (χ2v) is 7.41. The number of hydrogen-bond acceptors (Lipinski definition) is 3. The van der Waals surface area contributed by atoms with Crippen molar-refractivity contribution in [2.75, 3.05) is 13.2 Å². The summed E-state index contributed by atoms with van der Waals surface area (Å²) in [6.07, 6.45) is 0. The van der Waals surface area contributed by atoms with E-state index >= 15 is 0 Å². The standard InChI is InChI=1S/C17H19ClO2S/c1-10-8-19-14-5-4-13(7-15(14)20-9-10)17(18)16-6-11(2)12(3)21-16/h4-7,10,17H,8-9H2,1-3H3. The van der Waals surface area contributed by atoms with E-state index in [4.69, 9.17) is 21.1 Å². The monoisotopic (exact) mass is 322 g/mol. The van der Waals surface area contributed by atoms with Gasteiger partial charge in [-0.15, -0.1) is 22.9 Å². The van der Waals surface area contributed by atoms with Crippen LogP contribution in [0, 0.1) is 19.8 Å². The van der Waals surface area contributed by atoms with Gasteiger partial charge in [0.2, 0.25) is 0 Å². The fourth-order valence-corrected chi connectivity index (χ4v) is 3.70. The van der Waals surface area contributed by atoms with Crippen LogP contribution in [0.5, 0.6) is 11.5 Å². The summed E-state index contributed by atoms with van der Waals surface area (Å²) in [6, 6.07) is 8.17. The molecule has 0 bridgehead atoms. The second-order valence-electron chi connectivity index (χ2n) is 5.68. The number of rotatable bonds is 2. The van der Waals surface area contributed by atoms with Gasteiger partial charge in [0.1, 0.15) is 0 Å². The molecule has 1 aromatic heterocycles. The number of halogens is 1. The minimum absolute atomic E-state index is 0.142. The Hall–Kier alpha value is -1.19. The first-order valence-corrected chi connectivity index (χ1v) is 8.40. The highest BCUT2D eigenvalue weighted by Crippen LogP contribution is 2.39. The Labute approximate surface area is 134 Å². The third-order valence-electron chi connectivity index (χ3n) is 3.74. The number of hydrogen-bond donors (Lipinski definition) is 0. The van der Waals surface area contributed by atoms with Crippen LogP contribution in [0.15, 0.2) is 24.3 Å². The van der Waals surface area contributed by atoms with Crippen molar-refractivity contribution in [2.45, 2.75) is 26.1 Å². The molecular weight excluding hydrogens is 304 g/mol. The summed E-state index contributed by atoms with van der Waals surface area (Å²) in [5, 5.41) is -0.142. The average molecular weight is 323 g/mol. The zero-order valence-electron chi connectivity index (χ0n) is 12.5. The molecule has 0 aliphatic carbocycles. The van der Waals surface area contributed by atoms with Gasteiger partial charge in [-0.2, -0.15) is 0 Å². The first kappa shape index (κ1) is 14.7. The Kier molecular flexibility index (Phi) is 4.14. The Bertz CT molecular complexity index is 631. The highest BCUT2D eigenvalue weighted by Gasteiger charge is 2.19. The van der Waals surface area contributed by atoms with Gasteiger partial charge in [0, 0.05) is 15.7 Å². The summed E-state index contributed by atoms with van der Waals surface area (Å²) in [5.74, 6) is 2.01. The van der Waals surface area contributed by atoms with E-state index in [-0.39, 0.29) is 5.38 Å². The lowest BCUT2D eigenvalue weighted by Crippen LogP contribution is -2.12. The molecule has 0 radical (unpaired) electrons. The molecule has 1 aliphatic rings. The van der Waals surface area contributed by atoms with Crippen LogP contribution in [0.3, 0.4) is 0 Å². The van der Waals surface area contributed by atoms with Crippen LogP contribution in [-0.4, -0.2) is 13.2 Å². The first-order chi connectivity index (χ1) is 10.0. The molecule has 3 rings (SSSR count). The SMILES string of the molecule is Cc1cc(C(Cl)c2ccc3c(c2)OCC(C)CO3)sc1C. The molecule has 0 amide bonds. The molecule has 1 aromatic carbocycles. The maximum absolute atomic E-state index is 6.64. The van der Waals surface area contributed by atoms with Crippen LogP contribution >= 0.6 is 22.9 Å². The summed E-state index contributed by atoms with van der Waals surface area (Å²) in [6.45, 7) is 7.74. The fourth-order valence-electron chi connectivity index (χ4n) is 2.32. The molecule has 2 atom stereocenters. The lowest BCUT2D eigenvalue weighted by atomic mass is 10.1. The molecule has 0 saturated heterocycles. The summed E-state index contributed by atoms with van der Waals surface area (Å²) in [5.41, 5.74) is 2.35. The molecule has 4 heteroatoms. The van der Waals surface area contributed by atoms with E-state index in [9.17, 15) is 0 Å². The van der Waals surface area contributed by atoms with Crippen molar-refractivity contribution in [1.82, 2.24) is 0 Å². The Morgan fingerprint density at radius 1 is 1.14 bits per heavy atom. The molecule has 0 spiro atoms. The van der Waals surface area contributed by atoms with Crippen LogP contribution < -0.4 is 9.47 Å². The zero-order chi connectivity index (χ0) is 15.0. The van der Waals surface area contributed by atoms with Gasteiger partial charge in [-0.25, -0.2) is 0 Å². The summed E-state index contributed by atoms with van der Waals surface area (Å²) in [7, 11) is 0. The Morgan fingerprint density at radius 3 is 2.52 bits per heavy atom. The predicted molar refractivity (Wildman–Crippen MR) is 88.1 cm³/mol. The van der Waals surface area contributed by atoms with Crippen molar-refractivity contribution in [1.29, 1.82) is 0 Å². The number of benzene rings is 1. The van der Waals surface area contributed by atoms with E-state index in [1.54, 1.807) is 11.3 Å². The maximum Gasteiger partial charge on any atom is 0.161 e. The highest BCUT2D eigenvalue weighted by atomic mass is 35.5. The summed E-state index contributed by atoms with van der Waals surface area (Å²) in [4.78, 5) is 2.49.